The number of hydrogen-bond donors (Lipinski definition) is 0. The lowest BCUT2D eigenvalue weighted by atomic mass is 9.98. The third kappa shape index (κ3) is 3.10. The summed E-state index contributed by atoms with van der Waals surface area (Å²) in [6, 6.07) is 16.3. The third-order valence-electron chi connectivity index (χ3n) is 4.66. The van der Waals surface area contributed by atoms with Gasteiger partial charge in [0.25, 0.3) is 0 Å². The fraction of sp³-hybridized carbons (Fsp3) is 0.190. The van der Waals surface area contributed by atoms with Gasteiger partial charge >= 0.3 is 5.63 Å². The summed E-state index contributed by atoms with van der Waals surface area (Å²) < 4.78 is 10.7. The maximum Gasteiger partial charge on any atom is 0.345 e. The largest absolute Gasteiger partial charge is 0.497 e. The zero-order valence-electron chi connectivity index (χ0n) is 15.0. The predicted octanol–water partition coefficient (Wildman–Crippen LogP) is 3.50. The Balaban J connectivity index is 1.76. The van der Waals surface area contributed by atoms with Gasteiger partial charge in [0.15, 0.2) is 0 Å². The zero-order valence-corrected chi connectivity index (χ0v) is 15.0. The van der Waals surface area contributed by atoms with Crippen molar-refractivity contribution in [1.82, 2.24) is 5.01 Å². The minimum Gasteiger partial charge on any atom is -0.497 e. The molecule has 136 valence electrons. The molecule has 6 nitrogen and oxygen atoms in total. The van der Waals surface area contributed by atoms with Gasteiger partial charge in [0, 0.05) is 18.7 Å². The molecule has 4 rings (SSSR count). The van der Waals surface area contributed by atoms with E-state index < -0.39 is 5.63 Å². The SMILES string of the molecule is COc1cccc([C@@H]2CC(c3cc4ccccc4oc3=O)=NN2C(C)=O)c1. The normalized spacial score (nSPS) is 16.4. The molecule has 0 unspecified atom stereocenters. The summed E-state index contributed by atoms with van der Waals surface area (Å²) in [7, 11) is 1.60. The molecule has 0 radical (unpaired) electrons. The lowest BCUT2D eigenvalue weighted by Crippen LogP contribution is -2.24. The molecule has 0 aliphatic carbocycles. The molecule has 0 saturated carbocycles. The first-order chi connectivity index (χ1) is 13.1. The van der Waals surface area contributed by atoms with Gasteiger partial charge in [-0.1, -0.05) is 30.3 Å². The van der Waals surface area contributed by atoms with Crippen LogP contribution in [-0.2, 0) is 4.79 Å². The van der Waals surface area contributed by atoms with Crippen molar-refractivity contribution in [2.45, 2.75) is 19.4 Å². The van der Waals surface area contributed by atoms with Gasteiger partial charge in [0.1, 0.15) is 11.3 Å². The monoisotopic (exact) mass is 362 g/mol. The van der Waals surface area contributed by atoms with Gasteiger partial charge in [-0.15, -0.1) is 0 Å². The molecule has 0 saturated heterocycles. The topological polar surface area (TPSA) is 72.1 Å². The molecule has 0 spiro atoms. The van der Waals surface area contributed by atoms with E-state index in [-0.39, 0.29) is 11.9 Å². The predicted molar refractivity (Wildman–Crippen MR) is 102 cm³/mol. The molecular formula is C21H18N2O4. The summed E-state index contributed by atoms with van der Waals surface area (Å²) in [5.41, 5.74) is 1.89. The number of nitrogens with zero attached hydrogens (tertiary/aromatic N) is 2. The quantitative estimate of drug-likeness (QED) is 0.669. The number of fused-ring (bicyclic) bond motifs is 1. The van der Waals surface area contributed by atoms with Crippen molar-refractivity contribution in [3.05, 3.63) is 76.1 Å². The van der Waals surface area contributed by atoms with E-state index in [0.717, 1.165) is 10.9 Å². The van der Waals surface area contributed by atoms with Crippen molar-refractivity contribution in [1.29, 1.82) is 0 Å². The van der Waals surface area contributed by atoms with Crippen LogP contribution in [0.2, 0.25) is 0 Å². The second kappa shape index (κ2) is 6.72. The van der Waals surface area contributed by atoms with E-state index in [4.69, 9.17) is 9.15 Å². The molecule has 1 atom stereocenters. The number of hydrazone groups is 1. The second-order valence-corrected chi connectivity index (χ2v) is 6.39. The van der Waals surface area contributed by atoms with Gasteiger partial charge in [0.05, 0.1) is 24.4 Å². The van der Waals surface area contributed by atoms with Crippen LogP contribution >= 0.6 is 0 Å². The van der Waals surface area contributed by atoms with Crippen LogP contribution in [0.5, 0.6) is 5.75 Å². The van der Waals surface area contributed by atoms with E-state index >= 15 is 0 Å². The van der Waals surface area contributed by atoms with Crippen LogP contribution in [0.15, 0.2) is 68.9 Å². The highest BCUT2D eigenvalue weighted by Gasteiger charge is 2.33. The van der Waals surface area contributed by atoms with Crippen molar-refractivity contribution in [3.8, 4) is 5.75 Å². The molecule has 1 aromatic heterocycles. The molecule has 0 bridgehead atoms. The van der Waals surface area contributed by atoms with E-state index in [0.29, 0.717) is 29.0 Å². The molecular weight excluding hydrogens is 344 g/mol. The first-order valence-corrected chi connectivity index (χ1v) is 8.61. The Labute approximate surface area is 155 Å². The molecule has 2 aromatic carbocycles. The molecule has 2 heterocycles. The van der Waals surface area contributed by atoms with Gasteiger partial charge in [-0.2, -0.15) is 5.10 Å². The number of ether oxygens (including phenoxy) is 1. The lowest BCUT2D eigenvalue weighted by molar-refractivity contribution is -0.130. The average Bonchev–Trinajstić information content (AvgIpc) is 3.13. The Morgan fingerprint density at radius 1 is 1.19 bits per heavy atom. The summed E-state index contributed by atoms with van der Waals surface area (Å²) in [6.07, 6.45) is 0.426. The van der Waals surface area contributed by atoms with Crippen LogP contribution in [0, 0.1) is 0 Å². The van der Waals surface area contributed by atoms with Gasteiger partial charge in [-0.3, -0.25) is 4.79 Å². The molecule has 0 fully saturated rings. The van der Waals surface area contributed by atoms with E-state index in [2.05, 4.69) is 5.10 Å². The summed E-state index contributed by atoms with van der Waals surface area (Å²) in [5.74, 6) is 0.512. The Morgan fingerprint density at radius 3 is 2.78 bits per heavy atom. The zero-order chi connectivity index (χ0) is 19.0. The van der Waals surface area contributed by atoms with Gasteiger partial charge < -0.3 is 9.15 Å². The number of hydrogen-bond acceptors (Lipinski definition) is 5. The highest BCUT2D eigenvalue weighted by molar-refractivity contribution is 6.04. The maximum absolute atomic E-state index is 12.5. The number of amides is 1. The summed E-state index contributed by atoms with van der Waals surface area (Å²) in [4.78, 5) is 24.6. The standard InChI is InChI=1S/C21H18N2O4/c1-13(24)23-19(14-7-5-8-16(10-14)26-2)12-18(22-23)17-11-15-6-3-4-9-20(15)27-21(17)25/h3-11,19H,12H2,1-2H3/t19-/m0/s1. The van der Waals surface area contributed by atoms with Gasteiger partial charge in [0.2, 0.25) is 5.91 Å². The van der Waals surface area contributed by atoms with Gasteiger partial charge in [-0.05, 0) is 29.8 Å². The third-order valence-corrected chi connectivity index (χ3v) is 4.66. The van der Waals surface area contributed by atoms with Crippen molar-refractivity contribution in [2.75, 3.05) is 7.11 Å². The molecule has 1 amide bonds. The van der Waals surface area contributed by atoms with Crippen LogP contribution in [0.4, 0.5) is 0 Å². The Bertz CT molecular complexity index is 1120. The number of rotatable bonds is 3. The molecule has 6 heteroatoms. The van der Waals surface area contributed by atoms with Crippen molar-refractivity contribution >= 4 is 22.6 Å². The Hall–Kier alpha value is -3.41. The number of carbonyl (C=O) groups excluding carboxylic acids is 1. The van der Waals surface area contributed by atoms with Crippen molar-refractivity contribution in [3.63, 3.8) is 0 Å². The highest BCUT2D eigenvalue weighted by atomic mass is 16.5. The number of benzene rings is 2. The molecule has 0 N–H and O–H groups in total. The van der Waals surface area contributed by atoms with Crippen molar-refractivity contribution < 1.29 is 13.9 Å². The molecule has 27 heavy (non-hydrogen) atoms. The molecule has 1 aliphatic rings. The lowest BCUT2D eigenvalue weighted by Gasteiger charge is -2.20. The fourth-order valence-electron chi connectivity index (χ4n) is 3.33. The summed E-state index contributed by atoms with van der Waals surface area (Å²) >= 11 is 0. The second-order valence-electron chi connectivity index (χ2n) is 6.39. The molecule has 3 aromatic rings. The number of carbonyl (C=O) groups is 1. The van der Waals surface area contributed by atoms with E-state index in [1.54, 1.807) is 19.2 Å². The summed E-state index contributed by atoms with van der Waals surface area (Å²) in [5, 5.41) is 6.67. The number of para-hydroxylation sites is 1. The fourth-order valence-corrected chi connectivity index (χ4v) is 3.33. The minimum atomic E-state index is -0.456. The van der Waals surface area contributed by atoms with Crippen LogP contribution in [0.25, 0.3) is 11.0 Å². The van der Waals surface area contributed by atoms with Gasteiger partial charge in [-0.25, -0.2) is 9.80 Å². The Kier molecular flexibility index (Phi) is 4.24. The van der Waals surface area contributed by atoms with E-state index in [9.17, 15) is 9.59 Å². The molecule has 1 aliphatic heterocycles. The smallest absolute Gasteiger partial charge is 0.345 e. The highest BCUT2D eigenvalue weighted by Crippen LogP contribution is 2.34. The first-order valence-electron chi connectivity index (χ1n) is 8.61. The minimum absolute atomic E-state index is 0.192. The van der Waals surface area contributed by atoms with Crippen molar-refractivity contribution in [2.24, 2.45) is 5.10 Å². The van der Waals surface area contributed by atoms with Crippen LogP contribution in [0.1, 0.15) is 30.5 Å². The number of methoxy groups -OCH3 is 1. The van der Waals surface area contributed by atoms with E-state index in [1.807, 2.05) is 42.5 Å². The van der Waals surface area contributed by atoms with Crippen LogP contribution < -0.4 is 10.4 Å². The first kappa shape index (κ1) is 17.0. The van der Waals surface area contributed by atoms with E-state index in [1.165, 1.54) is 11.9 Å². The Morgan fingerprint density at radius 2 is 2.00 bits per heavy atom. The average molecular weight is 362 g/mol. The van der Waals surface area contributed by atoms with Crippen LogP contribution in [-0.4, -0.2) is 23.7 Å². The van der Waals surface area contributed by atoms with Crippen LogP contribution in [0.3, 0.4) is 0 Å². The summed E-state index contributed by atoms with van der Waals surface area (Å²) in [6.45, 7) is 1.46. The maximum atomic E-state index is 12.5.